The van der Waals surface area contributed by atoms with E-state index in [1.165, 1.54) is 50.5 Å². The van der Waals surface area contributed by atoms with Crippen molar-refractivity contribution in [3.8, 4) is 5.75 Å². The lowest BCUT2D eigenvalue weighted by Gasteiger charge is -2.21. The second kappa shape index (κ2) is 11.3. The van der Waals surface area contributed by atoms with Gasteiger partial charge in [0.2, 0.25) is 0 Å². The van der Waals surface area contributed by atoms with Crippen LogP contribution in [0.15, 0.2) is 61.1 Å². The summed E-state index contributed by atoms with van der Waals surface area (Å²) in [4.78, 5) is 21.3. The molecular weight excluding hydrogens is 436 g/mol. The van der Waals surface area contributed by atoms with Crippen molar-refractivity contribution in [2.75, 3.05) is 11.9 Å². The maximum atomic E-state index is 12.7. The topological polar surface area (TPSA) is 76.1 Å². The van der Waals surface area contributed by atoms with E-state index in [1.54, 1.807) is 18.6 Å². The molecule has 35 heavy (non-hydrogen) atoms. The minimum atomic E-state index is -0.0577. The second-order valence-electron chi connectivity index (χ2n) is 9.77. The Kier molecular flexibility index (Phi) is 7.56. The summed E-state index contributed by atoms with van der Waals surface area (Å²) >= 11 is 0. The summed E-state index contributed by atoms with van der Waals surface area (Å²) in [6.07, 6.45) is 15.2. The zero-order chi connectivity index (χ0) is 23.9. The average molecular weight is 471 g/mol. The monoisotopic (exact) mass is 470 g/mol. The predicted octanol–water partition coefficient (Wildman–Crippen LogP) is 6.38. The van der Waals surface area contributed by atoms with E-state index in [2.05, 4.69) is 32.7 Å². The molecule has 0 spiro atoms. The van der Waals surface area contributed by atoms with E-state index in [4.69, 9.17) is 4.74 Å². The Balaban J connectivity index is 1.20. The summed E-state index contributed by atoms with van der Waals surface area (Å²) in [7, 11) is 0. The highest BCUT2D eigenvalue weighted by Gasteiger charge is 2.27. The first-order valence-corrected chi connectivity index (χ1v) is 12.9. The number of hydrogen-bond acceptors (Lipinski definition) is 5. The maximum Gasteiger partial charge on any atom is 0.252 e. The van der Waals surface area contributed by atoms with Crippen LogP contribution in [-0.4, -0.2) is 22.4 Å². The lowest BCUT2D eigenvalue weighted by molar-refractivity contribution is 0.0950. The minimum Gasteiger partial charge on any atom is -0.487 e. The Bertz CT molecular complexity index is 1120. The molecule has 3 aromatic rings. The van der Waals surface area contributed by atoms with Crippen molar-refractivity contribution < 1.29 is 9.53 Å². The number of nitrogens with one attached hydrogen (secondary N) is 2. The van der Waals surface area contributed by atoms with E-state index >= 15 is 0 Å². The predicted molar refractivity (Wildman–Crippen MR) is 138 cm³/mol. The number of benzene rings is 1. The van der Waals surface area contributed by atoms with Gasteiger partial charge in [-0.05, 0) is 73.1 Å². The maximum absolute atomic E-state index is 12.7. The number of rotatable bonds is 10. The number of carbonyl (C=O) groups excluding carboxylic acids is 1. The zero-order valence-corrected chi connectivity index (χ0v) is 20.2. The second-order valence-corrected chi connectivity index (χ2v) is 9.77. The van der Waals surface area contributed by atoms with E-state index in [9.17, 15) is 4.79 Å². The normalized spacial score (nSPS) is 16.0. The van der Waals surface area contributed by atoms with Crippen molar-refractivity contribution in [3.63, 3.8) is 0 Å². The van der Waals surface area contributed by atoms with Gasteiger partial charge in [0.15, 0.2) is 0 Å². The lowest BCUT2D eigenvalue weighted by atomic mass is 9.87. The molecular formula is C29H34N4O2. The first kappa shape index (κ1) is 23.3. The molecule has 2 aromatic heterocycles. The molecule has 2 aliphatic rings. The van der Waals surface area contributed by atoms with Gasteiger partial charge in [-0.15, -0.1) is 0 Å². The Hall–Kier alpha value is -3.41. The van der Waals surface area contributed by atoms with Gasteiger partial charge in [0.05, 0.1) is 23.1 Å². The first-order chi connectivity index (χ1) is 17.2. The summed E-state index contributed by atoms with van der Waals surface area (Å²) in [5, 5.41) is 6.57. The van der Waals surface area contributed by atoms with Crippen molar-refractivity contribution in [1.82, 2.24) is 15.3 Å². The van der Waals surface area contributed by atoms with Crippen molar-refractivity contribution in [2.45, 2.75) is 63.9 Å². The lowest BCUT2D eigenvalue weighted by Crippen LogP contribution is -2.26. The van der Waals surface area contributed by atoms with Crippen LogP contribution in [0.4, 0.5) is 11.4 Å². The van der Waals surface area contributed by atoms with Crippen molar-refractivity contribution in [2.24, 2.45) is 5.92 Å². The van der Waals surface area contributed by atoms with Gasteiger partial charge in [-0.25, -0.2) is 0 Å². The number of aromatic nitrogens is 2. The van der Waals surface area contributed by atoms with Crippen LogP contribution >= 0.6 is 0 Å². The number of ether oxygens (including phenoxy) is 1. The van der Waals surface area contributed by atoms with E-state index in [1.807, 2.05) is 30.3 Å². The van der Waals surface area contributed by atoms with Crippen LogP contribution in [-0.2, 0) is 6.61 Å². The van der Waals surface area contributed by atoms with Crippen molar-refractivity contribution in [1.29, 1.82) is 0 Å². The molecule has 0 aliphatic heterocycles. The number of amides is 1. The molecule has 6 heteroatoms. The molecule has 2 aliphatic carbocycles. The number of pyridine rings is 2. The van der Waals surface area contributed by atoms with Gasteiger partial charge in [0.25, 0.3) is 5.91 Å². The summed E-state index contributed by atoms with van der Waals surface area (Å²) in [6.45, 7) is 1.17. The van der Waals surface area contributed by atoms with E-state index in [0.29, 0.717) is 18.1 Å². The third-order valence-corrected chi connectivity index (χ3v) is 7.00. The third-order valence-electron chi connectivity index (χ3n) is 7.00. The van der Waals surface area contributed by atoms with E-state index in [0.717, 1.165) is 41.7 Å². The van der Waals surface area contributed by atoms with E-state index < -0.39 is 0 Å². The molecule has 5 rings (SSSR count). The molecule has 6 nitrogen and oxygen atoms in total. The standard InChI is InChI=1S/C29H34N4O2/c34-29(32-15-13-21-6-2-1-3-7-21)23-16-25(19-30-18-23)33-28-12-11-26(17-27(28)22-9-10-22)35-20-24-8-4-5-14-31-24/h4-5,8,11-12,14,16-19,21-22,33H,1-3,6-7,9-10,13,15,20H2,(H,32,34). The van der Waals surface area contributed by atoms with Gasteiger partial charge in [0.1, 0.15) is 12.4 Å². The molecule has 2 heterocycles. The van der Waals surface area contributed by atoms with Gasteiger partial charge < -0.3 is 15.4 Å². The molecule has 2 saturated carbocycles. The number of hydrogen-bond donors (Lipinski definition) is 2. The highest BCUT2D eigenvalue weighted by molar-refractivity contribution is 5.94. The quantitative estimate of drug-likeness (QED) is 0.360. The molecule has 0 radical (unpaired) electrons. The third kappa shape index (κ3) is 6.59. The molecule has 1 aromatic carbocycles. The number of carbonyl (C=O) groups is 1. The van der Waals surface area contributed by atoms with Crippen LogP contribution in [0.25, 0.3) is 0 Å². The molecule has 0 unspecified atom stereocenters. The minimum absolute atomic E-state index is 0.0577. The summed E-state index contributed by atoms with van der Waals surface area (Å²) in [5.74, 6) is 2.08. The first-order valence-electron chi connectivity index (χ1n) is 12.9. The fraction of sp³-hybridized carbons (Fsp3) is 0.414. The average Bonchev–Trinajstić information content (AvgIpc) is 3.75. The molecule has 1 amide bonds. The van der Waals surface area contributed by atoms with Gasteiger partial charge in [-0.1, -0.05) is 38.2 Å². The Morgan fingerprint density at radius 3 is 2.69 bits per heavy atom. The summed E-state index contributed by atoms with van der Waals surface area (Å²) in [6, 6.07) is 13.9. The molecule has 2 N–H and O–H groups in total. The highest BCUT2D eigenvalue weighted by atomic mass is 16.5. The number of nitrogens with zero attached hydrogens (tertiary/aromatic N) is 2. The smallest absolute Gasteiger partial charge is 0.252 e. The highest BCUT2D eigenvalue weighted by Crippen LogP contribution is 2.45. The fourth-order valence-electron chi connectivity index (χ4n) is 4.87. The zero-order valence-electron chi connectivity index (χ0n) is 20.2. The van der Waals surface area contributed by atoms with E-state index in [-0.39, 0.29) is 5.91 Å². The van der Waals surface area contributed by atoms with Crippen LogP contribution in [0.2, 0.25) is 0 Å². The molecule has 0 atom stereocenters. The van der Waals surface area contributed by atoms with Gasteiger partial charge in [-0.2, -0.15) is 0 Å². The SMILES string of the molecule is O=C(NCCC1CCCCC1)c1cncc(Nc2ccc(OCc3ccccn3)cc2C2CC2)c1. The molecule has 0 bridgehead atoms. The van der Waals surface area contributed by atoms with Gasteiger partial charge in [0, 0.05) is 24.6 Å². The molecule has 182 valence electrons. The van der Waals surface area contributed by atoms with Crippen LogP contribution in [0.1, 0.15) is 78.9 Å². The Labute approximate surface area is 207 Å². The van der Waals surface area contributed by atoms with Crippen LogP contribution in [0, 0.1) is 5.92 Å². The Morgan fingerprint density at radius 2 is 1.89 bits per heavy atom. The van der Waals surface area contributed by atoms with Gasteiger partial charge >= 0.3 is 0 Å². The van der Waals surface area contributed by atoms with Crippen molar-refractivity contribution >= 4 is 17.3 Å². The largest absolute Gasteiger partial charge is 0.487 e. The molecule has 2 fully saturated rings. The molecule has 0 saturated heterocycles. The fourth-order valence-corrected chi connectivity index (χ4v) is 4.87. The van der Waals surface area contributed by atoms with Crippen LogP contribution in [0.5, 0.6) is 5.75 Å². The summed E-state index contributed by atoms with van der Waals surface area (Å²) < 4.78 is 5.99. The number of anilines is 2. The van der Waals surface area contributed by atoms with Crippen LogP contribution in [0.3, 0.4) is 0 Å². The van der Waals surface area contributed by atoms with Crippen LogP contribution < -0.4 is 15.4 Å². The van der Waals surface area contributed by atoms with Crippen molar-refractivity contribution in [3.05, 3.63) is 77.9 Å². The summed E-state index contributed by atoms with van der Waals surface area (Å²) in [5.41, 5.74) is 4.58. The Morgan fingerprint density at radius 1 is 1.00 bits per heavy atom. The van der Waals surface area contributed by atoms with Gasteiger partial charge in [-0.3, -0.25) is 14.8 Å².